The van der Waals surface area contributed by atoms with E-state index in [1.807, 2.05) is 38.1 Å². The molecule has 10 heteroatoms. The summed E-state index contributed by atoms with van der Waals surface area (Å²) in [5, 5.41) is 23.8. The number of aliphatic hydroxyl groups excluding tert-OH is 1. The molecule has 192 valence electrons. The van der Waals surface area contributed by atoms with Crippen molar-refractivity contribution in [3.05, 3.63) is 39.9 Å². The molecule has 1 fully saturated rings. The summed E-state index contributed by atoms with van der Waals surface area (Å²) in [4.78, 5) is 29.9. The number of hydrogen-bond donors (Lipinski definition) is 2. The maximum absolute atomic E-state index is 12.4. The molecule has 1 aromatic carbocycles. The van der Waals surface area contributed by atoms with E-state index in [9.17, 15) is 20.0 Å². The molecule has 10 nitrogen and oxygen atoms in total. The summed E-state index contributed by atoms with van der Waals surface area (Å²) in [6.45, 7) is 6.72. The van der Waals surface area contributed by atoms with Crippen LogP contribution in [0.1, 0.15) is 52.0 Å². The molecule has 1 aromatic rings. The van der Waals surface area contributed by atoms with Crippen LogP contribution in [0.5, 0.6) is 5.75 Å². The molecule has 0 heterocycles. The molecule has 1 aliphatic rings. The van der Waals surface area contributed by atoms with Crippen LogP contribution < -0.4 is 10.1 Å². The first-order valence-corrected chi connectivity index (χ1v) is 11.8. The van der Waals surface area contributed by atoms with Gasteiger partial charge in [-0.2, -0.15) is 0 Å². The van der Waals surface area contributed by atoms with Crippen LogP contribution in [0.15, 0.2) is 24.3 Å². The summed E-state index contributed by atoms with van der Waals surface area (Å²) >= 11 is 0. The van der Waals surface area contributed by atoms with Gasteiger partial charge in [0.25, 0.3) is 5.09 Å². The maximum atomic E-state index is 12.4. The zero-order chi connectivity index (χ0) is 25.1. The van der Waals surface area contributed by atoms with E-state index in [4.69, 9.17) is 14.3 Å². The number of nitrogens with zero attached hydrogens (tertiary/aromatic N) is 2. The third kappa shape index (κ3) is 9.44. The highest BCUT2D eigenvalue weighted by Gasteiger charge is 2.36. The number of carbonyl (C=O) groups excluding carboxylic acids is 1. The van der Waals surface area contributed by atoms with Crippen molar-refractivity contribution in [1.29, 1.82) is 0 Å². The van der Waals surface area contributed by atoms with Gasteiger partial charge in [-0.25, -0.2) is 0 Å². The van der Waals surface area contributed by atoms with Gasteiger partial charge in [-0.3, -0.25) is 4.79 Å². The van der Waals surface area contributed by atoms with Gasteiger partial charge in [0.15, 0.2) is 0 Å². The Bertz CT molecular complexity index is 772. The Balaban J connectivity index is 1.86. The van der Waals surface area contributed by atoms with Crippen molar-refractivity contribution in [3.63, 3.8) is 0 Å². The Morgan fingerprint density at radius 3 is 2.59 bits per heavy atom. The van der Waals surface area contributed by atoms with Crippen molar-refractivity contribution >= 4 is 5.91 Å². The SMILES string of the molecule is COCCc1ccc(OCC(O)CNC(C)(C)CN(C(C)=O)C2CCCCC2O[N+](=O)[O-])cc1. The number of carbonyl (C=O) groups is 1. The Hall–Kier alpha value is -2.43. The lowest BCUT2D eigenvalue weighted by atomic mass is 9.90. The average molecular weight is 482 g/mol. The predicted molar refractivity (Wildman–Crippen MR) is 127 cm³/mol. The highest BCUT2D eigenvalue weighted by molar-refractivity contribution is 5.73. The molecular formula is C24H39N3O7. The Labute approximate surface area is 201 Å². The zero-order valence-corrected chi connectivity index (χ0v) is 20.7. The molecule has 34 heavy (non-hydrogen) atoms. The number of rotatable bonds is 14. The summed E-state index contributed by atoms with van der Waals surface area (Å²) in [7, 11) is 1.67. The first-order chi connectivity index (χ1) is 16.1. The number of methoxy groups -OCH3 is 1. The highest BCUT2D eigenvalue weighted by atomic mass is 17.0. The van der Waals surface area contributed by atoms with Gasteiger partial charge in [0, 0.05) is 32.7 Å². The average Bonchev–Trinajstić information content (AvgIpc) is 2.79. The largest absolute Gasteiger partial charge is 0.491 e. The van der Waals surface area contributed by atoms with Crippen LogP contribution in [0.4, 0.5) is 0 Å². The molecule has 3 unspecified atom stereocenters. The van der Waals surface area contributed by atoms with Crippen LogP contribution in [0.25, 0.3) is 0 Å². The van der Waals surface area contributed by atoms with Crippen molar-refractivity contribution in [2.24, 2.45) is 0 Å². The van der Waals surface area contributed by atoms with Crippen LogP contribution in [-0.4, -0.2) is 78.2 Å². The molecule has 0 bridgehead atoms. The van der Waals surface area contributed by atoms with Crippen LogP contribution >= 0.6 is 0 Å². The number of ether oxygens (including phenoxy) is 2. The number of hydrogen-bond acceptors (Lipinski definition) is 8. The molecule has 1 saturated carbocycles. The summed E-state index contributed by atoms with van der Waals surface area (Å²) in [5.41, 5.74) is 0.615. The fourth-order valence-electron chi connectivity index (χ4n) is 4.23. The third-order valence-corrected chi connectivity index (χ3v) is 6.04. The molecule has 0 aromatic heterocycles. The lowest BCUT2D eigenvalue weighted by Crippen LogP contribution is -2.58. The van der Waals surface area contributed by atoms with Gasteiger partial charge in [-0.05, 0) is 50.8 Å². The molecule has 0 aliphatic heterocycles. The summed E-state index contributed by atoms with van der Waals surface area (Å²) in [5.74, 6) is 0.521. The zero-order valence-electron chi connectivity index (χ0n) is 20.7. The summed E-state index contributed by atoms with van der Waals surface area (Å²) in [6.07, 6.45) is 2.40. The second-order valence-corrected chi connectivity index (χ2v) is 9.48. The van der Waals surface area contributed by atoms with Crippen molar-refractivity contribution < 1.29 is 29.3 Å². The highest BCUT2D eigenvalue weighted by Crippen LogP contribution is 2.27. The van der Waals surface area contributed by atoms with E-state index < -0.39 is 22.8 Å². The van der Waals surface area contributed by atoms with E-state index in [1.54, 1.807) is 12.0 Å². The fraction of sp³-hybridized carbons (Fsp3) is 0.708. The Kier molecular flexibility index (Phi) is 11.0. The van der Waals surface area contributed by atoms with E-state index in [0.29, 0.717) is 31.7 Å². The van der Waals surface area contributed by atoms with Crippen LogP contribution in [-0.2, 0) is 20.8 Å². The van der Waals surface area contributed by atoms with Crippen LogP contribution in [0.3, 0.4) is 0 Å². The van der Waals surface area contributed by atoms with E-state index in [1.165, 1.54) is 6.92 Å². The molecule has 0 spiro atoms. The number of benzene rings is 1. The summed E-state index contributed by atoms with van der Waals surface area (Å²) in [6, 6.07) is 7.33. The van der Waals surface area contributed by atoms with Crippen LogP contribution in [0.2, 0.25) is 0 Å². The second-order valence-electron chi connectivity index (χ2n) is 9.48. The third-order valence-electron chi connectivity index (χ3n) is 6.04. The normalized spacial score (nSPS) is 19.3. The lowest BCUT2D eigenvalue weighted by molar-refractivity contribution is -0.770. The van der Waals surface area contributed by atoms with E-state index in [0.717, 1.165) is 24.8 Å². The number of aliphatic hydroxyl groups is 1. The number of β-amino-alcohol motifs (C(OH)–C–C–N with tert-alkyl or cyclic N) is 1. The van der Waals surface area contributed by atoms with Crippen molar-refractivity contribution in [1.82, 2.24) is 10.2 Å². The first-order valence-electron chi connectivity index (χ1n) is 11.8. The van der Waals surface area contributed by atoms with Crippen molar-refractivity contribution in [2.75, 3.05) is 33.4 Å². The van der Waals surface area contributed by atoms with Crippen molar-refractivity contribution in [2.45, 2.75) is 76.7 Å². The Morgan fingerprint density at radius 2 is 1.97 bits per heavy atom. The van der Waals surface area contributed by atoms with Gasteiger partial charge in [0.2, 0.25) is 5.91 Å². The maximum Gasteiger partial charge on any atom is 0.294 e. The Morgan fingerprint density at radius 1 is 1.29 bits per heavy atom. The van der Waals surface area contributed by atoms with Crippen LogP contribution in [0, 0.1) is 10.1 Å². The lowest BCUT2D eigenvalue weighted by Gasteiger charge is -2.42. The molecule has 0 radical (unpaired) electrons. The van der Waals surface area contributed by atoms with Gasteiger partial charge in [-0.1, -0.05) is 25.0 Å². The van der Waals surface area contributed by atoms with E-state index in [-0.39, 0.29) is 25.1 Å². The number of nitrogens with one attached hydrogen (secondary N) is 1. The van der Waals surface area contributed by atoms with Crippen molar-refractivity contribution in [3.8, 4) is 5.75 Å². The molecule has 1 amide bonds. The summed E-state index contributed by atoms with van der Waals surface area (Å²) < 4.78 is 10.8. The van der Waals surface area contributed by atoms with Gasteiger partial charge in [0.1, 0.15) is 24.6 Å². The van der Waals surface area contributed by atoms with Gasteiger partial charge >= 0.3 is 0 Å². The minimum atomic E-state index is -0.770. The smallest absolute Gasteiger partial charge is 0.294 e. The monoisotopic (exact) mass is 481 g/mol. The minimum absolute atomic E-state index is 0.123. The topological polar surface area (TPSA) is 123 Å². The van der Waals surface area contributed by atoms with E-state index >= 15 is 0 Å². The van der Waals surface area contributed by atoms with Gasteiger partial charge in [-0.15, -0.1) is 10.1 Å². The first kappa shape index (κ1) is 27.8. The molecule has 0 saturated heterocycles. The van der Waals surface area contributed by atoms with E-state index in [2.05, 4.69) is 5.32 Å². The fourth-order valence-corrected chi connectivity index (χ4v) is 4.23. The molecule has 2 N–H and O–H groups in total. The standard InChI is InChI=1S/C24H39N3O7/c1-18(28)26(22-7-5-6-8-23(22)34-27(30)31)17-24(2,3)25-15-20(29)16-33-21-11-9-19(10-12-21)13-14-32-4/h9-12,20,22-23,25,29H,5-8,13-17H2,1-4H3. The van der Waals surface area contributed by atoms with Gasteiger partial charge in [0.05, 0.1) is 12.6 Å². The molecule has 2 rings (SSSR count). The quantitative estimate of drug-likeness (QED) is 0.307. The molecular weight excluding hydrogens is 442 g/mol. The number of amides is 1. The minimum Gasteiger partial charge on any atom is -0.491 e. The molecule has 3 atom stereocenters. The van der Waals surface area contributed by atoms with Gasteiger partial charge < -0.3 is 29.6 Å². The predicted octanol–water partition coefficient (Wildman–Crippen LogP) is 2.35. The molecule has 1 aliphatic carbocycles. The second kappa shape index (κ2) is 13.5.